The molecule has 7 nitrogen and oxygen atoms in total. The summed E-state index contributed by atoms with van der Waals surface area (Å²) in [5.74, 6) is -1.57. The second-order valence-corrected chi connectivity index (χ2v) is 6.68. The van der Waals surface area contributed by atoms with Gasteiger partial charge in [-0.25, -0.2) is 8.42 Å². The van der Waals surface area contributed by atoms with Gasteiger partial charge in [-0.2, -0.15) is 9.40 Å². The number of aromatic nitrogens is 2. The van der Waals surface area contributed by atoms with Crippen molar-refractivity contribution in [2.45, 2.75) is 31.6 Å². The van der Waals surface area contributed by atoms with Crippen LogP contribution in [0.1, 0.15) is 24.2 Å². The molecule has 1 aromatic rings. The van der Waals surface area contributed by atoms with Gasteiger partial charge >= 0.3 is 5.97 Å². The van der Waals surface area contributed by atoms with E-state index in [1.807, 2.05) is 0 Å². The summed E-state index contributed by atoms with van der Waals surface area (Å²) >= 11 is 0. The topological polar surface area (TPSA) is 103 Å². The number of H-pyrrole nitrogens is 1. The number of aromatic amines is 1. The predicted octanol–water partition coefficient (Wildman–Crippen LogP) is -2.48. The molecule has 114 valence electrons. The highest BCUT2D eigenvalue weighted by atomic mass is 35.5. The first-order chi connectivity index (χ1) is 8.84. The van der Waals surface area contributed by atoms with Crippen LogP contribution in [0.3, 0.4) is 0 Å². The van der Waals surface area contributed by atoms with E-state index in [9.17, 15) is 13.2 Å². The van der Waals surface area contributed by atoms with Crippen molar-refractivity contribution in [1.29, 1.82) is 0 Å². The molecule has 0 aromatic carbocycles. The number of hydrogen-bond acceptors (Lipinski definition) is 4. The summed E-state index contributed by atoms with van der Waals surface area (Å²) in [4.78, 5) is 11.2. The molecule has 0 spiro atoms. The van der Waals surface area contributed by atoms with Crippen molar-refractivity contribution in [3.63, 3.8) is 0 Å². The maximum Gasteiger partial charge on any atom is 0.307 e. The fourth-order valence-electron chi connectivity index (χ4n) is 2.41. The van der Waals surface area contributed by atoms with Gasteiger partial charge in [0.25, 0.3) is 0 Å². The standard InChI is InChI=1S/C11H17N3O4S.ClH/c1-7-10(8(2)13-12-7)19(17,18)14-5-3-4-9(6-14)11(15)16;/h9H,3-6H2,1-2H3,(H,12,13)(H,15,16);1H/p-1. The van der Waals surface area contributed by atoms with Gasteiger partial charge in [0.05, 0.1) is 17.3 Å². The van der Waals surface area contributed by atoms with Gasteiger partial charge in [-0.05, 0) is 26.7 Å². The van der Waals surface area contributed by atoms with Crippen LogP contribution in [0, 0.1) is 19.8 Å². The molecule has 0 saturated carbocycles. The van der Waals surface area contributed by atoms with E-state index in [-0.39, 0.29) is 23.8 Å². The maximum absolute atomic E-state index is 12.5. The molecule has 9 heteroatoms. The zero-order chi connectivity index (χ0) is 14.2. The molecule has 0 amide bonds. The quantitative estimate of drug-likeness (QED) is 0.641. The maximum atomic E-state index is 12.5. The van der Waals surface area contributed by atoms with E-state index in [1.54, 1.807) is 13.8 Å². The SMILES string of the molecule is Cc1n[nH]c(C)c1S(=O)(=O)N1CCCC(C(=O)O)C1.[Cl-]. The summed E-state index contributed by atoms with van der Waals surface area (Å²) in [6.07, 6.45) is 1.08. The minimum Gasteiger partial charge on any atom is -1.00 e. The van der Waals surface area contributed by atoms with Crippen molar-refractivity contribution in [3.05, 3.63) is 11.4 Å². The molecule has 0 bridgehead atoms. The highest BCUT2D eigenvalue weighted by Gasteiger charge is 2.35. The van der Waals surface area contributed by atoms with Crippen LogP contribution in [-0.2, 0) is 14.8 Å². The number of piperidine rings is 1. The molecule has 1 aliphatic rings. The number of halogens is 1. The van der Waals surface area contributed by atoms with Crippen molar-refractivity contribution >= 4 is 16.0 Å². The van der Waals surface area contributed by atoms with Crippen LogP contribution >= 0.6 is 0 Å². The third kappa shape index (κ3) is 2.97. The molecule has 2 heterocycles. The molecule has 1 unspecified atom stereocenters. The van der Waals surface area contributed by atoms with Crippen LogP contribution in [0.15, 0.2) is 4.90 Å². The number of aliphatic carboxylic acids is 1. The molecule has 1 fully saturated rings. The summed E-state index contributed by atoms with van der Waals surface area (Å²) in [5, 5.41) is 15.5. The number of carboxylic acids is 1. The summed E-state index contributed by atoms with van der Waals surface area (Å²) in [6.45, 7) is 3.65. The van der Waals surface area contributed by atoms with E-state index in [1.165, 1.54) is 4.31 Å². The number of rotatable bonds is 3. The lowest BCUT2D eigenvalue weighted by Crippen LogP contribution is -3.00. The van der Waals surface area contributed by atoms with Crippen molar-refractivity contribution < 1.29 is 30.7 Å². The molecule has 2 N–H and O–H groups in total. The Morgan fingerprint density at radius 1 is 1.45 bits per heavy atom. The number of sulfonamides is 1. The van der Waals surface area contributed by atoms with Crippen molar-refractivity contribution in [3.8, 4) is 0 Å². The Hall–Kier alpha value is -1.12. The first kappa shape index (κ1) is 16.9. The monoisotopic (exact) mass is 322 g/mol. The van der Waals surface area contributed by atoms with Crippen molar-refractivity contribution in [2.24, 2.45) is 5.92 Å². The van der Waals surface area contributed by atoms with Gasteiger partial charge in [0, 0.05) is 13.1 Å². The normalized spacial score (nSPS) is 20.4. The van der Waals surface area contributed by atoms with Gasteiger partial charge in [-0.15, -0.1) is 0 Å². The fourth-order valence-corrected chi connectivity index (χ4v) is 4.27. The number of carboxylic acid groups (broad SMARTS) is 1. The smallest absolute Gasteiger partial charge is 0.307 e. The molecule has 2 rings (SSSR count). The number of nitrogens with one attached hydrogen (secondary N) is 1. The summed E-state index contributed by atoms with van der Waals surface area (Å²) < 4.78 is 26.3. The van der Waals surface area contributed by atoms with E-state index >= 15 is 0 Å². The number of aryl methyl sites for hydroxylation is 2. The number of hydrogen-bond donors (Lipinski definition) is 2. The Morgan fingerprint density at radius 3 is 2.60 bits per heavy atom. The first-order valence-corrected chi connectivity index (χ1v) is 7.52. The lowest BCUT2D eigenvalue weighted by molar-refractivity contribution is -0.142. The molecule has 0 aliphatic carbocycles. The first-order valence-electron chi connectivity index (χ1n) is 6.08. The Balaban J connectivity index is 0.00000200. The van der Waals surface area contributed by atoms with Crippen LogP contribution < -0.4 is 12.4 Å². The molecule has 1 saturated heterocycles. The highest BCUT2D eigenvalue weighted by molar-refractivity contribution is 7.89. The van der Waals surface area contributed by atoms with E-state index in [2.05, 4.69) is 10.2 Å². The molecule has 1 aliphatic heterocycles. The summed E-state index contributed by atoms with van der Waals surface area (Å²) in [5.41, 5.74) is 0.893. The average Bonchev–Trinajstić information content (AvgIpc) is 2.69. The third-order valence-electron chi connectivity index (χ3n) is 3.39. The van der Waals surface area contributed by atoms with E-state index in [0.29, 0.717) is 30.8 Å². The molecule has 0 radical (unpaired) electrons. The zero-order valence-electron chi connectivity index (χ0n) is 11.3. The number of carbonyl (C=O) groups is 1. The van der Waals surface area contributed by atoms with Crippen LogP contribution in [0.2, 0.25) is 0 Å². The predicted molar refractivity (Wildman–Crippen MR) is 67.2 cm³/mol. The van der Waals surface area contributed by atoms with Crippen molar-refractivity contribution in [1.82, 2.24) is 14.5 Å². The van der Waals surface area contributed by atoms with Crippen LogP contribution in [0.4, 0.5) is 0 Å². The number of nitrogens with zero attached hydrogens (tertiary/aromatic N) is 2. The van der Waals surface area contributed by atoms with Gasteiger partial charge in [0.15, 0.2) is 0 Å². The Bertz CT molecular complexity index is 579. The van der Waals surface area contributed by atoms with E-state index < -0.39 is 21.9 Å². The molecule has 1 aromatic heterocycles. The average molecular weight is 323 g/mol. The second kappa shape index (κ2) is 6.11. The summed E-state index contributed by atoms with van der Waals surface area (Å²) in [6, 6.07) is 0. The minimum atomic E-state index is -3.67. The van der Waals surface area contributed by atoms with Gasteiger partial charge in [-0.1, -0.05) is 0 Å². The zero-order valence-corrected chi connectivity index (χ0v) is 12.8. The van der Waals surface area contributed by atoms with Gasteiger partial charge in [0.1, 0.15) is 4.90 Å². The Kier molecular flexibility index (Phi) is 5.17. The molecule has 1 atom stereocenters. The molecular weight excluding hydrogens is 306 g/mol. The largest absolute Gasteiger partial charge is 1.00 e. The van der Waals surface area contributed by atoms with Crippen LogP contribution in [0.25, 0.3) is 0 Å². The fraction of sp³-hybridized carbons (Fsp3) is 0.636. The van der Waals surface area contributed by atoms with Crippen molar-refractivity contribution in [2.75, 3.05) is 13.1 Å². The van der Waals surface area contributed by atoms with E-state index in [4.69, 9.17) is 5.11 Å². The third-order valence-corrected chi connectivity index (χ3v) is 5.52. The van der Waals surface area contributed by atoms with Gasteiger partial charge < -0.3 is 17.5 Å². The minimum absolute atomic E-state index is 0. The lowest BCUT2D eigenvalue weighted by Gasteiger charge is -2.29. The Morgan fingerprint density at radius 2 is 2.10 bits per heavy atom. The second-order valence-electron chi connectivity index (χ2n) is 4.80. The van der Waals surface area contributed by atoms with Gasteiger partial charge in [-0.3, -0.25) is 9.89 Å². The summed E-state index contributed by atoms with van der Waals surface area (Å²) in [7, 11) is -3.67. The Labute approximate surface area is 123 Å². The van der Waals surface area contributed by atoms with Crippen LogP contribution in [0.5, 0.6) is 0 Å². The lowest BCUT2D eigenvalue weighted by atomic mass is 10.0. The van der Waals surface area contributed by atoms with Gasteiger partial charge in [0.2, 0.25) is 10.0 Å². The molecular formula is C11H17ClN3O4S-. The van der Waals surface area contributed by atoms with E-state index in [0.717, 1.165) is 0 Å². The van der Waals surface area contributed by atoms with Crippen LogP contribution in [-0.4, -0.2) is 47.1 Å². The molecule has 20 heavy (non-hydrogen) atoms. The highest BCUT2D eigenvalue weighted by Crippen LogP contribution is 2.26.